The largest absolute Gasteiger partial charge is 0.496 e. The van der Waals surface area contributed by atoms with Gasteiger partial charge in [0.1, 0.15) is 11.4 Å². The quantitative estimate of drug-likeness (QED) is 0.765. The van der Waals surface area contributed by atoms with Crippen LogP contribution in [0.25, 0.3) is 11.3 Å². The van der Waals surface area contributed by atoms with Crippen LogP contribution in [0.15, 0.2) is 30.3 Å². The van der Waals surface area contributed by atoms with Crippen LogP contribution in [-0.2, 0) is 9.53 Å². The van der Waals surface area contributed by atoms with E-state index in [0.717, 1.165) is 43.2 Å². The highest BCUT2D eigenvalue weighted by Gasteiger charge is 2.24. The lowest BCUT2D eigenvalue weighted by molar-refractivity contribution is -0.156. The maximum Gasteiger partial charge on any atom is 0.320 e. The van der Waals surface area contributed by atoms with E-state index in [1.807, 2.05) is 51.1 Å². The van der Waals surface area contributed by atoms with Crippen molar-refractivity contribution in [3.05, 3.63) is 30.3 Å². The average Bonchev–Trinajstić information content (AvgIpc) is 2.67. The molecule has 3 rings (SSSR count). The molecule has 156 valence electrons. The van der Waals surface area contributed by atoms with E-state index in [0.29, 0.717) is 18.1 Å². The number of nitrogen functional groups attached to an aromatic ring is 1. The molecule has 2 N–H and O–H groups in total. The lowest BCUT2D eigenvalue weighted by Gasteiger charge is -2.36. The summed E-state index contributed by atoms with van der Waals surface area (Å²) < 4.78 is 10.9. The summed E-state index contributed by atoms with van der Waals surface area (Å²) in [7, 11) is 1.63. The van der Waals surface area contributed by atoms with Gasteiger partial charge < -0.3 is 20.1 Å². The van der Waals surface area contributed by atoms with Gasteiger partial charge in [-0.25, -0.2) is 0 Å². The van der Waals surface area contributed by atoms with E-state index in [1.165, 1.54) is 0 Å². The van der Waals surface area contributed by atoms with Gasteiger partial charge in [0.2, 0.25) is 0 Å². The van der Waals surface area contributed by atoms with Crippen LogP contribution >= 0.6 is 0 Å². The first-order chi connectivity index (χ1) is 13.8. The van der Waals surface area contributed by atoms with Gasteiger partial charge in [-0.2, -0.15) is 0 Å². The molecule has 29 heavy (non-hydrogen) atoms. The van der Waals surface area contributed by atoms with E-state index in [4.69, 9.17) is 15.2 Å². The number of esters is 1. The van der Waals surface area contributed by atoms with Crippen LogP contribution in [0.4, 0.5) is 11.5 Å². The van der Waals surface area contributed by atoms with Crippen LogP contribution in [0.3, 0.4) is 0 Å². The van der Waals surface area contributed by atoms with Crippen LogP contribution in [-0.4, -0.2) is 66.5 Å². The van der Waals surface area contributed by atoms with Crippen molar-refractivity contribution in [1.82, 2.24) is 15.1 Å². The molecule has 8 heteroatoms. The lowest BCUT2D eigenvalue weighted by atomic mass is 10.1. The second-order valence-corrected chi connectivity index (χ2v) is 8.05. The van der Waals surface area contributed by atoms with Crippen molar-refractivity contribution in [3.63, 3.8) is 0 Å². The number of hydrogen-bond acceptors (Lipinski definition) is 8. The summed E-state index contributed by atoms with van der Waals surface area (Å²) in [6, 6.07) is 9.64. The number of aromatic nitrogens is 2. The molecule has 0 saturated carbocycles. The first-order valence-electron chi connectivity index (χ1n) is 9.72. The summed E-state index contributed by atoms with van der Waals surface area (Å²) in [5.41, 5.74) is 8.08. The molecule has 0 spiro atoms. The number of nitrogens with zero attached hydrogens (tertiary/aromatic N) is 4. The number of ether oxygens (including phenoxy) is 2. The van der Waals surface area contributed by atoms with Crippen molar-refractivity contribution >= 4 is 17.5 Å². The van der Waals surface area contributed by atoms with Gasteiger partial charge in [-0.3, -0.25) is 9.69 Å². The summed E-state index contributed by atoms with van der Waals surface area (Å²) in [4.78, 5) is 16.3. The van der Waals surface area contributed by atoms with Gasteiger partial charge in [-0.05, 0) is 39.0 Å². The summed E-state index contributed by atoms with van der Waals surface area (Å²) in [5.74, 6) is 0.929. The third-order valence-corrected chi connectivity index (χ3v) is 4.67. The van der Waals surface area contributed by atoms with E-state index in [-0.39, 0.29) is 5.97 Å². The minimum absolute atomic E-state index is 0.200. The van der Waals surface area contributed by atoms with Crippen LogP contribution in [0.5, 0.6) is 5.75 Å². The summed E-state index contributed by atoms with van der Waals surface area (Å²) in [5, 5.41) is 8.40. The molecule has 1 saturated heterocycles. The predicted molar refractivity (Wildman–Crippen MR) is 113 cm³/mol. The fraction of sp³-hybridized carbons (Fsp3) is 0.476. The second-order valence-electron chi connectivity index (χ2n) is 8.05. The van der Waals surface area contributed by atoms with Crippen LogP contribution in [0.2, 0.25) is 0 Å². The minimum Gasteiger partial charge on any atom is -0.496 e. The van der Waals surface area contributed by atoms with Crippen molar-refractivity contribution in [2.24, 2.45) is 0 Å². The number of anilines is 2. The van der Waals surface area contributed by atoms with E-state index >= 15 is 0 Å². The first-order valence-corrected chi connectivity index (χ1v) is 9.72. The molecular weight excluding hydrogens is 370 g/mol. The molecule has 1 aliphatic heterocycles. The molecule has 0 radical (unpaired) electrons. The van der Waals surface area contributed by atoms with Gasteiger partial charge in [0.05, 0.1) is 25.0 Å². The van der Waals surface area contributed by atoms with Gasteiger partial charge >= 0.3 is 5.97 Å². The molecule has 1 aromatic heterocycles. The summed E-state index contributed by atoms with van der Waals surface area (Å²) in [6.45, 7) is 8.88. The highest BCUT2D eigenvalue weighted by Crippen LogP contribution is 2.32. The number of carbonyl (C=O) groups is 1. The summed E-state index contributed by atoms with van der Waals surface area (Å²) in [6.07, 6.45) is 0. The highest BCUT2D eigenvalue weighted by molar-refractivity contribution is 5.74. The SMILES string of the molecule is COc1ccccc1-c1cc(N2CCN(CC(=O)OC(C)(C)C)CC2)c(N)nn1. The van der Waals surface area contributed by atoms with Gasteiger partial charge in [-0.15, -0.1) is 10.2 Å². The Morgan fingerprint density at radius 3 is 2.48 bits per heavy atom. The minimum atomic E-state index is -0.467. The lowest BCUT2D eigenvalue weighted by Crippen LogP contribution is -2.49. The van der Waals surface area contributed by atoms with Gasteiger partial charge in [0, 0.05) is 31.7 Å². The number of carbonyl (C=O) groups excluding carboxylic acids is 1. The third kappa shape index (κ3) is 5.35. The Labute approximate surface area is 171 Å². The van der Waals surface area contributed by atoms with E-state index in [2.05, 4.69) is 20.0 Å². The van der Waals surface area contributed by atoms with E-state index in [9.17, 15) is 4.79 Å². The maximum absolute atomic E-state index is 12.1. The average molecular weight is 399 g/mol. The standard InChI is InChI=1S/C21H29N5O3/c1-21(2,3)29-19(27)14-25-9-11-26(12-10-25)17-13-16(23-24-20(17)22)15-7-5-6-8-18(15)28-4/h5-8,13H,9-12,14H2,1-4H3,(H2,22,24). The van der Waals surface area contributed by atoms with Crippen LogP contribution in [0, 0.1) is 0 Å². The Balaban J connectivity index is 1.69. The molecule has 8 nitrogen and oxygen atoms in total. The van der Waals surface area contributed by atoms with Crippen molar-refractivity contribution in [1.29, 1.82) is 0 Å². The molecule has 0 bridgehead atoms. The highest BCUT2D eigenvalue weighted by atomic mass is 16.6. The maximum atomic E-state index is 12.1. The Bertz CT molecular complexity index is 858. The molecule has 0 atom stereocenters. The Morgan fingerprint density at radius 1 is 1.14 bits per heavy atom. The smallest absolute Gasteiger partial charge is 0.320 e. The van der Waals surface area contributed by atoms with Crippen LogP contribution in [0.1, 0.15) is 20.8 Å². The molecule has 0 amide bonds. The zero-order valence-electron chi connectivity index (χ0n) is 17.5. The molecule has 0 aliphatic carbocycles. The number of hydrogen-bond donors (Lipinski definition) is 1. The predicted octanol–water partition coefficient (Wildman–Crippen LogP) is 2.20. The number of piperazine rings is 1. The molecule has 1 fully saturated rings. The van der Waals surface area contributed by atoms with Gasteiger partial charge in [-0.1, -0.05) is 12.1 Å². The Hall–Kier alpha value is -2.87. The Morgan fingerprint density at radius 2 is 1.83 bits per heavy atom. The van der Waals surface area contributed by atoms with E-state index < -0.39 is 5.60 Å². The zero-order chi connectivity index (χ0) is 21.0. The second kappa shape index (κ2) is 8.65. The van der Waals surface area contributed by atoms with Gasteiger partial charge in [0.25, 0.3) is 0 Å². The molecule has 1 aliphatic rings. The number of rotatable bonds is 5. The zero-order valence-corrected chi connectivity index (χ0v) is 17.5. The number of methoxy groups -OCH3 is 1. The normalized spacial score (nSPS) is 15.2. The first kappa shape index (κ1) is 20.9. The fourth-order valence-corrected chi connectivity index (χ4v) is 3.34. The molecule has 1 aromatic carbocycles. The number of nitrogens with two attached hydrogens (primary N) is 1. The van der Waals surface area contributed by atoms with Crippen molar-refractivity contribution < 1.29 is 14.3 Å². The van der Waals surface area contributed by atoms with E-state index in [1.54, 1.807) is 7.11 Å². The molecule has 2 aromatic rings. The third-order valence-electron chi connectivity index (χ3n) is 4.67. The fourth-order valence-electron chi connectivity index (χ4n) is 3.34. The number of para-hydroxylation sites is 1. The van der Waals surface area contributed by atoms with Crippen LogP contribution < -0.4 is 15.4 Å². The summed E-state index contributed by atoms with van der Waals surface area (Å²) >= 11 is 0. The molecule has 2 heterocycles. The monoisotopic (exact) mass is 399 g/mol. The number of benzene rings is 1. The Kier molecular flexibility index (Phi) is 6.22. The van der Waals surface area contributed by atoms with Crippen molar-refractivity contribution in [2.75, 3.05) is 50.5 Å². The molecule has 0 unspecified atom stereocenters. The van der Waals surface area contributed by atoms with Crippen molar-refractivity contribution in [2.45, 2.75) is 26.4 Å². The van der Waals surface area contributed by atoms with Crippen molar-refractivity contribution in [3.8, 4) is 17.0 Å². The topological polar surface area (TPSA) is 93.8 Å². The molecular formula is C21H29N5O3. The van der Waals surface area contributed by atoms with Gasteiger partial charge in [0.15, 0.2) is 5.82 Å².